The number of imide groups is 3. The number of amides is 3. The van der Waals surface area contributed by atoms with Gasteiger partial charge in [0.15, 0.2) is 0 Å². The van der Waals surface area contributed by atoms with Gasteiger partial charge in [-0.2, -0.15) is 0 Å². The second kappa shape index (κ2) is 9.01. The van der Waals surface area contributed by atoms with Crippen molar-refractivity contribution in [2.45, 2.75) is 38.4 Å². The highest BCUT2D eigenvalue weighted by atomic mass is 32.2. The minimum absolute atomic E-state index is 0.396. The Labute approximate surface area is 168 Å². The molecule has 3 rings (SSSR count). The van der Waals surface area contributed by atoms with Gasteiger partial charge in [-0.3, -0.25) is 19.4 Å². The maximum Gasteiger partial charge on any atom is 0.295 e. The van der Waals surface area contributed by atoms with Crippen molar-refractivity contribution < 1.29 is 19.1 Å². The van der Waals surface area contributed by atoms with Crippen molar-refractivity contribution in [2.24, 2.45) is 0 Å². The lowest BCUT2D eigenvalue weighted by Gasteiger charge is -2.10. The highest BCUT2D eigenvalue weighted by molar-refractivity contribution is 8.15. The normalized spacial score (nSPS) is 16.5. The SMILES string of the molecule is CCc1ccc(CCOc2ccc(CC3SC(=O)N(C(C)=O)C3=O)cc2)nc1. The monoisotopic (exact) mass is 398 g/mol. The van der Waals surface area contributed by atoms with Gasteiger partial charge in [-0.05, 0) is 42.2 Å². The number of aryl methyl sites for hydroxylation is 1. The van der Waals surface area contributed by atoms with E-state index < -0.39 is 22.3 Å². The predicted molar refractivity (Wildman–Crippen MR) is 107 cm³/mol. The van der Waals surface area contributed by atoms with Gasteiger partial charge >= 0.3 is 0 Å². The first-order valence-electron chi connectivity index (χ1n) is 9.18. The Morgan fingerprint density at radius 3 is 2.43 bits per heavy atom. The van der Waals surface area contributed by atoms with E-state index in [2.05, 4.69) is 18.0 Å². The van der Waals surface area contributed by atoms with Crippen LogP contribution in [0, 0.1) is 0 Å². The van der Waals surface area contributed by atoms with Crippen LogP contribution >= 0.6 is 11.8 Å². The van der Waals surface area contributed by atoms with E-state index in [-0.39, 0.29) is 0 Å². The van der Waals surface area contributed by atoms with Crippen LogP contribution in [-0.4, -0.2) is 38.8 Å². The molecule has 0 N–H and O–H groups in total. The van der Waals surface area contributed by atoms with Crippen LogP contribution < -0.4 is 4.74 Å². The third-order valence-corrected chi connectivity index (χ3v) is 5.54. The van der Waals surface area contributed by atoms with E-state index in [0.717, 1.165) is 41.6 Å². The summed E-state index contributed by atoms with van der Waals surface area (Å²) < 4.78 is 5.76. The molecule has 1 atom stereocenters. The Bertz CT molecular complexity index is 865. The number of carbonyl (C=O) groups is 3. The molecule has 3 amide bonds. The van der Waals surface area contributed by atoms with Gasteiger partial charge < -0.3 is 4.74 Å². The van der Waals surface area contributed by atoms with Crippen molar-refractivity contribution in [3.8, 4) is 5.75 Å². The molecular weight excluding hydrogens is 376 g/mol. The van der Waals surface area contributed by atoms with Crippen molar-refractivity contribution in [2.75, 3.05) is 6.61 Å². The van der Waals surface area contributed by atoms with E-state index in [1.54, 1.807) is 0 Å². The molecule has 1 fully saturated rings. The Kier molecular flexibility index (Phi) is 6.46. The maximum atomic E-state index is 12.2. The molecule has 0 radical (unpaired) electrons. The quantitative estimate of drug-likeness (QED) is 0.711. The molecule has 0 saturated carbocycles. The summed E-state index contributed by atoms with van der Waals surface area (Å²) in [4.78, 5) is 40.5. The summed E-state index contributed by atoms with van der Waals surface area (Å²) >= 11 is 0.902. The van der Waals surface area contributed by atoms with Crippen LogP contribution in [0.4, 0.5) is 4.79 Å². The fraction of sp³-hybridized carbons (Fsp3) is 0.333. The Hall–Kier alpha value is -2.67. The molecule has 1 saturated heterocycles. The molecule has 7 heteroatoms. The lowest BCUT2D eigenvalue weighted by molar-refractivity contribution is -0.138. The van der Waals surface area contributed by atoms with Crippen LogP contribution in [0.2, 0.25) is 0 Å². The zero-order valence-electron chi connectivity index (χ0n) is 15.9. The number of aromatic nitrogens is 1. The molecule has 1 aromatic heterocycles. The molecule has 0 aliphatic carbocycles. The van der Waals surface area contributed by atoms with Crippen LogP contribution in [0.25, 0.3) is 0 Å². The van der Waals surface area contributed by atoms with Crippen LogP contribution in [0.3, 0.4) is 0 Å². The summed E-state index contributed by atoms with van der Waals surface area (Å²) in [6.07, 6.45) is 3.99. The van der Waals surface area contributed by atoms with Crippen molar-refractivity contribution >= 4 is 28.8 Å². The summed E-state index contributed by atoms with van der Waals surface area (Å²) in [5.74, 6) is -0.238. The molecule has 1 aromatic carbocycles. The van der Waals surface area contributed by atoms with E-state index in [1.165, 1.54) is 12.5 Å². The lowest BCUT2D eigenvalue weighted by atomic mass is 10.1. The zero-order chi connectivity index (χ0) is 20.1. The second-order valence-corrected chi connectivity index (χ2v) is 7.68. The number of hydrogen-bond acceptors (Lipinski definition) is 6. The van der Waals surface area contributed by atoms with Crippen LogP contribution in [-0.2, 0) is 28.9 Å². The standard InChI is InChI=1S/C21H22N2O4S/c1-3-15-4-7-17(22-13-15)10-11-27-18-8-5-16(6-9-18)12-19-20(25)23(14(2)24)21(26)28-19/h4-9,13,19H,3,10-12H2,1-2H3. The maximum absolute atomic E-state index is 12.2. The molecule has 0 spiro atoms. The summed E-state index contributed by atoms with van der Waals surface area (Å²) in [5, 5.41) is -1.05. The van der Waals surface area contributed by atoms with E-state index in [0.29, 0.717) is 17.9 Å². The minimum atomic E-state index is -0.555. The van der Waals surface area contributed by atoms with Crippen molar-refractivity contribution in [1.82, 2.24) is 9.88 Å². The highest BCUT2D eigenvalue weighted by Crippen LogP contribution is 2.30. The van der Waals surface area contributed by atoms with Crippen LogP contribution in [0.1, 0.15) is 30.7 Å². The van der Waals surface area contributed by atoms with E-state index >= 15 is 0 Å². The number of rotatable bonds is 7. The number of nitrogens with zero attached hydrogens (tertiary/aromatic N) is 2. The molecule has 1 aliphatic heterocycles. The highest BCUT2D eigenvalue weighted by Gasteiger charge is 2.41. The molecule has 1 unspecified atom stereocenters. The minimum Gasteiger partial charge on any atom is -0.493 e. The zero-order valence-corrected chi connectivity index (χ0v) is 16.7. The number of ether oxygens (including phenoxy) is 1. The van der Waals surface area contributed by atoms with Crippen molar-refractivity contribution in [1.29, 1.82) is 0 Å². The van der Waals surface area contributed by atoms with Gasteiger partial charge in [-0.1, -0.05) is 36.9 Å². The summed E-state index contributed by atoms with van der Waals surface area (Å²) in [5.41, 5.74) is 3.12. The van der Waals surface area contributed by atoms with Gasteiger partial charge in [-0.15, -0.1) is 0 Å². The first-order chi connectivity index (χ1) is 13.5. The molecule has 2 aromatic rings. The van der Waals surface area contributed by atoms with Crippen LogP contribution in [0.15, 0.2) is 42.6 Å². The van der Waals surface area contributed by atoms with E-state index in [9.17, 15) is 14.4 Å². The molecule has 6 nitrogen and oxygen atoms in total. The molecular formula is C21H22N2O4S. The smallest absolute Gasteiger partial charge is 0.295 e. The Morgan fingerprint density at radius 1 is 1.14 bits per heavy atom. The summed E-state index contributed by atoms with van der Waals surface area (Å²) in [6, 6.07) is 11.5. The molecule has 146 valence electrons. The van der Waals surface area contributed by atoms with Gasteiger partial charge in [0.2, 0.25) is 5.91 Å². The van der Waals surface area contributed by atoms with Crippen molar-refractivity contribution in [3.05, 3.63) is 59.4 Å². The lowest BCUT2D eigenvalue weighted by Crippen LogP contribution is -2.35. The number of thioether (sulfide) groups is 1. The largest absolute Gasteiger partial charge is 0.493 e. The van der Waals surface area contributed by atoms with Gasteiger partial charge in [0.1, 0.15) is 5.75 Å². The van der Waals surface area contributed by atoms with Gasteiger partial charge in [0.25, 0.3) is 11.1 Å². The van der Waals surface area contributed by atoms with E-state index in [4.69, 9.17) is 4.74 Å². The number of pyridine rings is 1. The van der Waals surface area contributed by atoms with Gasteiger partial charge in [0.05, 0.1) is 11.9 Å². The predicted octanol–water partition coefficient (Wildman–Crippen LogP) is 3.42. The average Bonchev–Trinajstić information content (AvgIpc) is 2.97. The summed E-state index contributed by atoms with van der Waals surface area (Å²) in [7, 11) is 0. The third-order valence-electron chi connectivity index (χ3n) is 4.50. The molecule has 0 bridgehead atoms. The van der Waals surface area contributed by atoms with E-state index in [1.807, 2.05) is 36.5 Å². The van der Waals surface area contributed by atoms with Crippen LogP contribution in [0.5, 0.6) is 5.75 Å². The molecule has 28 heavy (non-hydrogen) atoms. The topological polar surface area (TPSA) is 76.6 Å². The second-order valence-electron chi connectivity index (χ2n) is 6.52. The van der Waals surface area contributed by atoms with Gasteiger partial charge in [0, 0.05) is 25.2 Å². The summed E-state index contributed by atoms with van der Waals surface area (Å²) in [6.45, 7) is 3.84. The fourth-order valence-electron chi connectivity index (χ4n) is 2.89. The third kappa shape index (κ3) is 4.78. The number of hydrogen-bond donors (Lipinski definition) is 0. The first kappa shape index (κ1) is 20.1. The molecule has 1 aliphatic rings. The van der Waals surface area contributed by atoms with Crippen molar-refractivity contribution in [3.63, 3.8) is 0 Å². The fourth-order valence-corrected chi connectivity index (χ4v) is 3.94. The first-order valence-corrected chi connectivity index (χ1v) is 10.1. The Balaban J connectivity index is 1.50. The average molecular weight is 398 g/mol. The Morgan fingerprint density at radius 2 is 1.86 bits per heavy atom. The number of carbonyl (C=O) groups excluding carboxylic acids is 3. The van der Waals surface area contributed by atoms with Gasteiger partial charge in [-0.25, -0.2) is 4.90 Å². The number of benzene rings is 1. The molecule has 2 heterocycles.